The molecule has 0 amide bonds. The molecule has 0 saturated heterocycles. The molecule has 0 spiro atoms. The smallest absolute Gasteiger partial charge is 0.207 e. The summed E-state index contributed by atoms with van der Waals surface area (Å²) >= 11 is 6.04. The molecule has 0 unspecified atom stereocenters. The fourth-order valence-corrected chi connectivity index (χ4v) is 4.94. The van der Waals surface area contributed by atoms with Crippen LogP contribution in [0.1, 0.15) is 38.2 Å². The Hall–Kier alpha value is -1.09. The maximum Gasteiger partial charge on any atom is 0.244 e. The number of benzene rings is 1. The van der Waals surface area contributed by atoms with Crippen LogP contribution in [-0.4, -0.2) is 25.3 Å². The van der Waals surface area contributed by atoms with E-state index in [1.807, 2.05) is 13.0 Å². The number of hydrogen-bond acceptors (Lipinski definition) is 3. The number of nitriles is 1. The van der Waals surface area contributed by atoms with Gasteiger partial charge in [-0.05, 0) is 31.0 Å². The Bertz CT molecular complexity index is 631. The number of hydrogen-bond donors (Lipinski definition) is 0. The molecule has 1 aromatic carbocycles. The topological polar surface area (TPSA) is 61.2 Å². The van der Waals surface area contributed by atoms with Crippen molar-refractivity contribution in [2.24, 2.45) is 0 Å². The lowest BCUT2D eigenvalue weighted by Crippen LogP contribution is -2.38. The summed E-state index contributed by atoms with van der Waals surface area (Å²) in [5.41, 5.74) is 0.359. The maximum absolute atomic E-state index is 12.7. The van der Waals surface area contributed by atoms with E-state index in [4.69, 9.17) is 16.9 Å². The van der Waals surface area contributed by atoms with Gasteiger partial charge in [-0.15, -0.1) is 0 Å². The van der Waals surface area contributed by atoms with Crippen LogP contribution in [0.4, 0.5) is 0 Å². The normalized spacial score (nSPS) is 16.5. The molecule has 0 atom stereocenters. The van der Waals surface area contributed by atoms with Crippen molar-refractivity contribution >= 4 is 21.6 Å². The van der Waals surface area contributed by atoms with Gasteiger partial charge >= 0.3 is 0 Å². The highest BCUT2D eigenvalue weighted by atomic mass is 35.5. The van der Waals surface area contributed by atoms with E-state index in [1.165, 1.54) is 22.5 Å². The largest absolute Gasteiger partial charge is 0.244 e. The van der Waals surface area contributed by atoms with E-state index >= 15 is 0 Å². The molecular formula is C14H17ClN2O2S. The molecule has 4 nitrogen and oxygen atoms in total. The van der Waals surface area contributed by atoms with Crippen molar-refractivity contribution in [3.63, 3.8) is 0 Å². The predicted octanol–water partition coefficient (Wildman–Crippen LogP) is 3.16. The van der Waals surface area contributed by atoms with E-state index < -0.39 is 10.0 Å². The summed E-state index contributed by atoms with van der Waals surface area (Å²) in [4.78, 5) is 0.0897. The van der Waals surface area contributed by atoms with Gasteiger partial charge in [0.25, 0.3) is 0 Å². The van der Waals surface area contributed by atoms with E-state index in [9.17, 15) is 8.42 Å². The lowest BCUT2D eigenvalue weighted by atomic mass is 10.2. The van der Waals surface area contributed by atoms with Gasteiger partial charge in [0.05, 0.1) is 16.7 Å². The average Bonchev–Trinajstić information content (AvgIpc) is 2.92. The third kappa shape index (κ3) is 2.83. The molecule has 2 rings (SSSR count). The first kappa shape index (κ1) is 15.3. The summed E-state index contributed by atoms with van der Waals surface area (Å²) in [5.74, 6) is 0. The van der Waals surface area contributed by atoms with Gasteiger partial charge in [-0.3, -0.25) is 0 Å². The third-order valence-electron chi connectivity index (χ3n) is 3.69. The van der Waals surface area contributed by atoms with Crippen LogP contribution in [0.2, 0.25) is 5.02 Å². The van der Waals surface area contributed by atoms with Gasteiger partial charge in [0.2, 0.25) is 10.0 Å². The summed E-state index contributed by atoms with van der Waals surface area (Å²) in [5, 5.41) is 8.93. The molecule has 108 valence electrons. The first-order valence-corrected chi connectivity index (χ1v) is 8.54. The van der Waals surface area contributed by atoms with Crippen LogP contribution in [0, 0.1) is 11.3 Å². The van der Waals surface area contributed by atoms with Crippen molar-refractivity contribution in [3.8, 4) is 6.07 Å². The van der Waals surface area contributed by atoms with Crippen molar-refractivity contribution in [3.05, 3.63) is 28.8 Å². The van der Waals surface area contributed by atoms with Crippen molar-refractivity contribution in [2.75, 3.05) is 6.54 Å². The molecule has 0 bridgehead atoms. The minimum absolute atomic E-state index is 0.0664. The number of sulfonamides is 1. The fraction of sp³-hybridized carbons (Fsp3) is 0.500. The lowest BCUT2D eigenvalue weighted by Gasteiger charge is -2.27. The Balaban J connectivity index is 2.40. The van der Waals surface area contributed by atoms with Gasteiger partial charge in [0.1, 0.15) is 4.90 Å². The van der Waals surface area contributed by atoms with Gasteiger partial charge in [0, 0.05) is 12.6 Å². The Kier molecular flexibility index (Phi) is 4.69. The van der Waals surface area contributed by atoms with Crippen molar-refractivity contribution < 1.29 is 8.42 Å². The van der Waals surface area contributed by atoms with E-state index in [0.29, 0.717) is 12.1 Å². The summed E-state index contributed by atoms with van der Waals surface area (Å²) in [6.07, 6.45) is 3.94. The highest BCUT2D eigenvalue weighted by Crippen LogP contribution is 2.31. The second-order valence-corrected chi connectivity index (χ2v) is 7.17. The van der Waals surface area contributed by atoms with Crippen LogP contribution >= 0.6 is 11.6 Å². The predicted molar refractivity (Wildman–Crippen MR) is 78.0 cm³/mol. The van der Waals surface area contributed by atoms with E-state index in [2.05, 4.69) is 0 Å². The maximum atomic E-state index is 12.7. The number of nitrogens with zero attached hydrogens (tertiary/aromatic N) is 2. The zero-order chi connectivity index (χ0) is 14.8. The Morgan fingerprint density at radius 2 is 2.05 bits per heavy atom. The second kappa shape index (κ2) is 6.13. The quantitative estimate of drug-likeness (QED) is 0.858. The van der Waals surface area contributed by atoms with Crippen LogP contribution in [0.3, 0.4) is 0 Å². The molecule has 6 heteroatoms. The van der Waals surface area contributed by atoms with Gasteiger partial charge in [-0.1, -0.05) is 31.4 Å². The molecule has 20 heavy (non-hydrogen) atoms. The molecule has 0 aliphatic heterocycles. The van der Waals surface area contributed by atoms with Gasteiger partial charge in [-0.2, -0.15) is 9.57 Å². The zero-order valence-electron chi connectivity index (χ0n) is 11.3. The molecule has 0 radical (unpaired) electrons. The molecule has 0 N–H and O–H groups in total. The molecule has 0 heterocycles. The molecule has 1 aliphatic carbocycles. The summed E-state index contributed by atoms with van der Waals surface area (Å²) < 4.78 is 27.0. The van der Waals surface area contributed by atoms with E-state index in [0.717, 1.165) is 25.7 Å². The second-order valence-electron chi connectivity index (χ2n) is 4.90. The van der Waals surface area contributed by atoms with Crippen molar-refractivity contribution in [2.45, 2.75) is 43.5 Å². The summed E-state index contributed by atoms with van der Waals surface area (Å²) in [7, 11) is -3.60. The molecule has 1 aliphatic rings. The fourth-order valence-electron chi connectivity index (χ4n) is 2.72. The SMILES string of the molecule is CCN(C1CCCC1)S(=O)(=O)c1ccc(C#N)cc1Cl. The minimum atomic E-state index is -3.60. The average molecular weight is 313 g/mol. The van der Waals surface area contributed by atoms with Crippen LogP contribution in [0.5, 0.6) is 0 Å². The van der Waals surface area contributed by atoms with Crippen molar-refractivity contribution in [1.29, 1.82) is 5.26 Å². The van der Waals surface area contributed by atoms with Gasteiger partial charge in [-0.25, -0.2) is 8.42 Å². The Morgan fingerprint density at radius 1 is 1.40 bits per heavy atom. The van der Waals surface area contributed by atoms with Crippen LogP contribution in [0.25, 0.3) is 0 Å². The van der Waals surface area contributed by atoms with Crippen LogP contribution in [0.15, 0.2) is 23.1 Å². The molecule has 0 aromatic heterocycles. The standard InChI is InChI=1S/C14H17ClN2O2S/c1-2-17(12-5-3-4-6-12)20(18,19)14-8-7-11(10-16)9-13(14)15/h7-9,12H,2-6H2,1H3. The molecule has 1 fully saturated rings. The number of halogens is 1. The highest BCUT2D eigenvalue weighted by molar-refractivity contribution is 7.89. The highest BCUT2D eigenvalue weighted by Gasteiger charge is 2.33. The Labute approximate surface area is 125 Å². The van der Waals surface area contributed by atoms with Crippen LogP contribution in [-0.2, 0) is 10.0 Å². The number of rotatable bonds is 4. The van der Waals surface area contributed by atoms with E-state index in [1.54, 1.807) is 0 Å². The first-order valence-electron chi connectivity index (χ1n) is 6.72. The monoisotopic (exact) mass is 312 g/mol. The van der Waals surface area contributed by atoms with Gasteiger partial charge < -0.3 is 0 Å². The van der Waals surface area contributed by atoms with Crippen LogP contribution < -0.4 is 0 Å². The third-order valence-corrected chi connectivity index (χ3v) is 6.20. The lowest BCUT2D eigenvalue weighted by molar-refractivity contribution is 0.335. The summed E-state index contributed by atoms with van der Waals surface area (Å²) in [6.45, 7) is 2.27. The molecule has 1 saturated carbocycles. The Morgan fingerprint density at radius 3 is 2.55 bits per heavy atom. The van der Waals surface area contributed by atoms with Gasteiger partial charge in [0.15, 0.2) is 0 Å². The van der Waals surface area contributed by atoms with Crippen molar-refractivity contribution in [1.82, 2.24) is 4.31 Å². The minimum Gasteiger partial charge on any atom is -0.207 e. The zero-order valence-corrected chi connectivity index (χ0v) is 12.9. The molecular weight excluding hydrogens is 296 g/mol. The van der Waals surface area contributed by atoms with E-state index in [-0.39, 0.29) is 16.0 Å². The first-order chi connectivity index (χ1) is 9.50. The molecule has 1 aromatic rings. The summed E-state index contributed by atoms with van der Waals surface area (Å²) in [6, 6.07) is 6.33.